The normalized spacial score (nSPS) is 16.8. The van der Waals surface area contributed by atoms with Crippen LogP contribution in [0.1, 0.15) is 52.8 Å². The summed E-state index contributed by atoms with van der Waals surface area (Å²) >= 11 is 1.76. The van der Waals surface area contributed by atoms with Crippen LogP contribution in [0.15, 0.2) is 23.0 Å². The Kier molecular flexibility index (Phi) is 3.31. The van der Waals surface area contributed by atoms with E-state index in [1.54, 1.807) is 11.3 Å². The lowest BCUT2D eigenvalue weighted by Crippen LogP contribution is -2.20. The van der Waals surface area contributed by atoms with Gasteiger partial charge in [-0.15, -0.1) is 11.3 Å². The second-order valence-electron chi connectivity index (χ2n) is 8.15. The molecule has 0 aliphatic heterocycles. The van der Waals surface area contributed by atoms with E-state index < -0.39 is 0 Å². The molecule has 3 nitrogen and oxygen atoms in total. The molecule has 0 radical (unpaired) electrons. The van der Waals surface area contributed by atoms with Crippen LogP contribution in [-0.4, -0.2) is 9.38 Å². The molecule has 0 spiro atoms. The van der Waals surface area contributed by atoms with Crippen LogP contribution in [0.5, 0.6) is 0 Å². The van der Waals surface area contributed by atoms with Gasteiger partial charge in [0.15, 0.2) is 0 Å². The van der Waals surface area contributed by atoms with Crippen molar-refractivity contribution in [1.29, 1.82) is 0 Å². The second-order valence-corrected chi connectivity index (χ2v) is 9.24. The van der Waals surface area contributed by atoms with E-state index in [0.717, 1.165) is 47.1 Å². The number of pyridine rings is 1. The van der Waals surface area contributed by atoms with Gasteiger partial charge < -0.3 is 0 Å². The number of rotatable bonds is 0. The lowest BCUT2D eigenvalue weighted by molar-refractivity contribution is 0.689. The summed E-state index contributed by atoms with van der Waals surface area (Å²) in [5, 5.41) is 2.15. The molecule has 0 bridgehead atoms. The molecule has 0 amide bonds. The van der Waals surface area contributed by atoms with Crippen molar-refractivity contribution in [2.75, 3.05) is 0 Å². The maximum atomic E-state index is 13.7. The summed E-state index contributed by atoms with van der Waals surface area (Å²) < 4.78 is 1.93. The first-order valence-corrected chi connectivity index (χ1v) is 10.9. The van der Waals surface area contributed by atoms with Gasteiger partial charge in [0.2, 0.25) is 0 Å². The summed E-state index contributed by atoms with van der Waals surface area (Å²) in [6.45, 7) is 2.14. The molecule has 0 atom stereocenters. The van der Waals surface area contributed by atoms with Gasteiger partial charge in [0.1, 0.15) is 10.5 Å². The van der Waals surface area contributed by atoms with Crippen molar-refractivity contribution >= 4 is 38.1 Å². The number of hydrogen-bond acceptors (Lipinski definition) is 3. The smallest absolute Gasteiger partial charge is 0.267 e. The highest BCUT2D eigenvalue weighted by molar-refractivity contribution is 7.18. The molecule has 1 aromatic carbocycles. The Bertz CT molecular complexity index is 1310. The predicted molar refractivity (Wildman–Crippen MR) is 112 cm³/mol. The van der Waals surface area contributed by atoms with Gasteiger partial charge in [-0.05, 0) is 87.1 Å². The van der Waals surface area contributed by atoms with Gasteiger partial charge in [-0.1, -0.05) is 11.6 Å². The summed E-state index contributed by atoms with van der Waals surface area (Å²) in [4.78, 5) is 21.2. The van der Waals surface area contributed by atoms with Crippen LogP contribution in [0.3, 0.4) is 0 Å². The first-order chi connectivity index (χ1) is 13.2. The van der Waals surface area contributed by atoms with E-state index in [1.807, 2.05) is 4.40 Å². The third kappa shape index (κ3) is 2.13. The van der Waals surface area contributed by atoms with Crippen molar-refractivity contribution in [2.45, 2.75) is 58.3 Å². The van der Waals surface area contributed by atoms with Crippen LogP contribution in [0.2, 0.25) is 0 Å². The summed E-state index contributed by atoms with van der Waals surface area (Å²) in [5.74, 6) is 0. The third-order valence-electron chi connectivity index (χ3n) is 6.44. The zero-order valence-corrected chi connectivity index (χ0v) is 16.4. The summed E-state index contributed by atoms with van der Waals surface area (Å²) in [6, 6.07) is 6.51. The van der Waals surface area contributed by atoms with E-state index in [4.69, 9.17) is 4.98 Å². The van der Waals surface area contributed by atoms with Crippen LogP contribution < -0.4 is 5.56 Å². The minimum Gasteiger partial charge on any atom is -0.268 e. The van der Waals surface area contributed by atoms with E-state index in [-0.39, 0.29) is 5.56 Å². The average molecular weight is 375 g/mol. The van der Waals surface area contributed by atoms with E-state index >= 15 is 0 Å². The first-order valence-electron chi connectivity index (χ1n) is 10.1. The fourth-order valence-corrected chi connectivity index (χ4v) is 6.42. The number of hydrogen-bond donors (Lipinski definition) is 0. The molecule has 0 saturated heterocycles. The van der Waals surface area contributed by atoms with Gasteiger partial charge in [0.25, 0.3) is 5.56 Å². The minimum atomic E-state index is 0.150. The fraction of sp³-hybridized carbons (Fsp3) is 0.391. The Balaban J connectivity index is 1.87. The highest BCUT2D eigenvalue weighted by atomic mass is 32.1. The van der Waals surface area contributed by atoms with Crippen LogP contribution in [-0.2, 0) is 25.7 Å². The Labute approximate surface area is 161 Å². The summed E-state index contributed by atoms with van der Waals surface area (Å²) in [6.07, 6.45) is 9.10. The standard InChI is InChI=1S/C23H22N2OS/c1-13-10-11-18-17(12-13)14-6-2-3-7-15(14)21-24-22-20(23(26)25(18)21)16-8-4-5-9-19(16)27-22/h10-12H,2-9H2,1H3. The number of fused-ring (bicyclic) bond motifs is 9. The van der Waals surface area contributed by atoms with Crippen molar-refractivity contribution in [3.05, 3.63) is 55.7 Å². The maximum absolute atomic E-state index is 13.7. The van der Waals surface area contributed by atoms with Crippen LogP contribution in [0, 0.1) is 6.92 Å². The predicted octanol–water partition coefficient (Wildman–Crippen LogP) is 5.13. The molecule has 3 aromatic heterocycles. The molecule has 2 aliphatic carbocycles. The average Bonchev–Trinajstić information content (AvgIpc) is 3.07. The second kappa shape index (κ2) is 5.65. The van der Waals surface area contributed by atoms with Gasteiger partial charge in [0, 0.05) is 10.3 Å². The fourth-order valence-electron chi connectivity index (χ4n) is 5.17. The monoisotopic (exact) mass is 374 g/mol. The van der Waals surface area contributed by atoms with Gasteiger partial charge >= 0.3 is 0 Å². The summed E-state index contributed by atoms with van der Waals surface area (Å²) in [7, 11) is 0. The Hall–Kier alpha value is -2.20. The molecule has 3 heterocycles. The number of aromatic nitrogens is 2. The number of aryl methyl sites for hydroxylation is 5. The molecule has 0 saturated carbocycles. The van der Waals surface area contributed by atoms with Gasteiger partial charge in [-0.2, -0.15) is 0 Å². The van der Waals surface area contributed by atoms with Crippen LogP contribution in [0.25, 0.3) is 26.8 Å². The minimum absolute atomic E-state index is 0.150. The highest BCUT2D eigenvalue weighted by Crippen LogP contribution is 2.37. The van der Waals surface area contributed by atoms with Gasteiger partial charge in [-0.25, -0.2) is 4.98 Å². The van der Waals surface area contributed by atoms with Crippen molar-refractivity contribution < 1.29 is 0 Å². The lowest BCUT2D eigenvalue weighted by atomic mass is 9.89. The van der Waals surface area contributed by atoms with E-state index in [1.165, 1.54) is 58.2 Å². The third-order valence-corrected chi connectivity index (χ3v) is 7.63. The largest absolute Gasteiger partial charge is 0.268 e. The topological polar surface area (TPSA) is 34.4 Å². The number of thiophene rings is 1. The first kappa shape index (κ1) is 15.8. The van der Waals surface area contributed by atoms with Crippen LogP contribution >= 0.6 is 11.3 Å². The van der Waals surface area contributed by atoms with Crippen molar-refractivity contribution in [3.63, 3.8) is 0 Å². The molecule has 0 unspecified atom stereocenters. The molecule has 136 valence electrons. The molecule has 4 heteroatoms. The molecule has 6 rings (SSSR count). The Morgan fingerprint density at radius 3 is 2.56 bits per heavy atom. The van der Waals surface area contributed by atoms with E-state index in [2.05, 4.69) is 25.1 Å². The van der Waals surface area contributed by atoms with Crippen molar-refractivity contribution in [2.24, 2.45) is 0 Å². The zero-order chi connectivity index (χ0) is 18.1. The van der Waals surface area contributed by atoms with Crippen LogP contribution in [0.4, 0.5) is 0 Å². The highest BCUT2D eigenvalue weighted by Gasteiger charge is 2.24. The molecule has 0 N–H and O–H groups in total. The van der Waals surface area contributed by atoms with E-state index in [9.17, 15) is 4.79 Å². The van der Waals surface area contributed by atoms with Gasteiger partial charge in [-0.3, -0.25) is 9.20 Å². The molecule has 0 fully saturated rings. The summed E-state index contributed by atoms with van der Waals surface area (Å²) in [5.41, 5.74) is 7.37. The van der Waals surface area contributed by atoms with Crippen molar-refractivity contribution in [3.8, 4) is 0 Å². The molecular weight excluding hydrogens is 352 g/mol. The number of benzene rings is 1. The molecule has 4 aromatic rings. The Morgan fingerprint density at radius 1 is 0.963 bits per heavy atom. The molecule has 27 heavy (non-hydrogen) atoms. The zero-order valence-electron chi connectivity index (χ0n) is 15.6. The SMILES string of the molecule is Cc1ccc2c(c1)c1c(c3nc4sc5c(c4c(=O)n32)CCCC5)CCCC1. The maximum Gasteiger partial charge on any atom is 0.267 e. The van der Waals surface area contributed by atoms with Gasteiger partial charge in [0.05, 0.1) is 10.9 Å². The van der Waals surface area contributed by atoms with E-state index in [0.29, 0.717) is 0 Å². The van der Waals surface area contributed by atoms with Crippen molar-refractivity contribution in [1.82, 2.24) is 9.38 Å². The molecule has 2 aliphatic rings. The Morgan fingerprint density at radius 2 is 1.70 bits per heavy atom. The number of nitrogens with zero attached hydrogens (tertiary/aromatic N) is 2. The quantitative estimate of drug-likeness (QED) is 0.400. The lowest BCUT2D eigenvalue weighted by Gasteiger charge is -2.21. The molecular formula is C23H22N2OS.